The summed E-state index contributed by atoms with van der Waals surface area (Å²) in [4.78, 5) is 39.6. The number of pyridine rings is 1. The van der Waals surface area contributed by atoms with E-state index in [1.807, 2.05) is 89.8 Å². The maximum Gasteiger partial charge on any atom is 0.411 e. The fraction of sp³-hybridized carbons (Fsp3) is 0.250. The first-order valence-corrected chi connectivity index (χ1v) is 14.6. The van der Waals surface area contributed by atoms with Gasteiger partial charge in [-0.25, -0.2) is 14.2 Å². The number of benzene rings is 3. The maximum absolute atomic E-state index is 13.5. The molecule has 0 unspecified atom stereocenters. The van der Waals surface area contributed by atoms with Gasteiger partial charge in [-0.3, -0.25) is 10.1 Å². The molecule has 0 radical (unpaired) electrons. The number of alkyl carbamates (subject to hydrolysis) is 1. The molecule has 3 aromatic carbocycles. The van der Waals surface area contributed by atoms with Gasteiger partial charge < -0.3 is 32.1 Å². The molecule has 0 bridgehead atoms. The van der Waals surface area contributed by atoms with Crippen molar-refractivity contribution in [3.8, 4) is 0 Å². The van der Waals surface area contributed by atoms with E-state index in [0.717, 1.165) is 28.2 Å². The highest BCUT2D eigenvalue weighted by atomic mass is 79.9. The molecule has 0 aliphatic heterocycles. The number of aromatic nitrogens is 1. The number of amides is 3. The predicted octanol–water partition coefficient (Wildman–Crippen LogP) is 3.32. The molecule has 4 aromatic rings. The molecule has 1 heterocycles. The van der Waals surface area contributed by atoms with Crippen molar-refractivity contribution in [2.24, 2.45) is 0 Å². The lowest BCUT2D eigenvalue weighted by Crippen LogP contribution is -3.00. The van der Waals surface area contributed by atoms with Crippen molar-refractivity contribution < 1.29 is 40.8 Å². The minimum Gasteiger partial charge on any atom is -1.00 e. The van der Waals surface area contributed by atoms with Crippen molar-refractivity contribution in [3.63, 3.8) is 0 Å². The van der Waals surface area contributed by atoms with Crippen LogP contribution in [0.5, 0.6) is 0 Å². The number of carbonyl (C=O) groups excluding carboxylic acids is 3. The quantitative estimate of drug-likeness (QED) is 0.178. The van der Waals surface area contributed by atoms with E-state index in [9.17, 15) is 14.4 Å². The summed E-state index contributed by atoms with van der Waals surface area (Å²) in [7, 11) is 0. The van der Waals surface area contributed by atoms with E-state index in [-0.39, 0.29) is 44.6 Å². The molecule has 0 fully saturated rings. The molecule has 2 N–H and O–H groups in total. The summed E-state index contributed by atoms with van der Waals surface area (Å²) in [6.45, 7) is 3.42. The molecular formula is C32H34BrClN4O5. The number of nitrogens with one attached hydrogen (secondary N) is 2. The van der Waals surface area contributed by atoms with E-state index in [0.29, 0.717) is 23.4 Å². The van der Waals surface area contributed by atoms with Gasteiger partial charge >= 0.3 is 12.2 Å². The summed E-state index contributed by atoms with van der Waals surface area (Å²) in [5.74, 6) is -0.199. The van der Waals surface area contributed by atoms with Crippen molar-refractivity contribution >= 4 is 56.2 Å². The highest BCUT2D eigenvalue weighted by Crippen LogP contribution is 2.23. The number of halogens is 2. The van der Waals surface area contributed by atoms with Gasteiger partial charge in [-0.2, -0.15) is 0 Å². The van der Waals surface area contributed by atoms with Gasteiger partial charge in [0.25, 0.3) is 5.91 Å². The van der Waals surface area contributed by atoms with Crippen LogP contribution < -0.4 is 32.5 Å². The van der Waals surface area contributed by atoms with Crippen LogP contribution in [0.4, 0.5) is 21.0 Å². The van der Waals surface area contributed by atoms with Gasteiger partial charge in [0.1, 0.15) is 18.7 Å². The monoisotopic (exact) mass is 668 g/mol. The van der Waals surface area contributed by atoms with E-state index in [4.69, 9.17) is 9.47 Å². The van der Waals surface area contributed by atoms with Gasteiger partial charge in [0.05, 0.1) is 23.3 Å². The second kappa shape index (κ2) is 17.1. The summed E-state index contributed by atoms with van der Waals surface area (Å²) in [5, 5.41) is 7.35. The normalized spacial score (nSPS) is 10.4. The molecule has 11 heteroatoms. The van der Waals surface area contributed by atoms with E-state index in [1.54, 1.807) is 11.0 Å². The molecule has 0 spiro atoms. The fourth-order valence-electron chi connectivity index (χ4n) is 4.40. The smallest absolute Gasteiger partial charge is 0.411 e. The second-order valence-corrected chi connectivity index (χ2v) is 10.4. The zero-order chi connectivity index (χ0) is 29.7. The third-order valence-electron chi connectivity index (χ3n) is 6.33. The number of aryl methyl sites for hydroxylation is 1. The Morgan fingerprint density at radius 3 is 2.40 bits per heavy atom. The topological polar surface area (TPSA) is 101 Å². The summed E-state index contributed by atoms with van der Waals surface area (Å²) in [5.41, 5.74) is 1.89. The molecule has 0 atom stereocenters. The van der Waals surface area contributed by atoms with Crippen LogP contribution in [0, 0.1) is 0 Å². The SMILES string of the molecule is CCC[n+]1cc(Br)cc(C(=O)N(CCOC(=O)NCCCOC(=O)Nc2cccc3ccccc23)c2ccccc2)c1.[Cl-]. The van der Waals surface area contributed by atoms with Crippen LogP contribution in [0.15, 0.2) is 95.7 Å². The Hall–Kier alpha value is -4.15. The summed E-state index contributed by atoms with van der Waals surface area (Å²) in [6.07, 6.45) is 3.93. The Morgan fingerprint density at radius 1 is 0.884 bits per heavy atom. The van der Waals surface area contributed by atoms with Crippen LogP contribution in [0.1, 0.15) is 30.1 Å². The highest BCUT2D eigenvalue weighted by Gasteiger charge is 2.21. The molecule has 0 aliphatic carbocycles. The van der Waals surface area contributed by atoms with Crippen LogP contribution in [0.3, 0.4) is 0 Å². The third kappa shape index (κ3) is 9.97. The molecule has 1 aromatic heterocycles. The van der Waals surface area contributed by atoms with E-state index in [1.165, 1.54) is 0 Å². The lowest BCUT2D eigenvalue weighted by atomic mass is 10.1. The van der Waals surface area contributed by atoms with Gasteiger partial charge in [-0.15, -0.1) is 0 Å². The number of ether oxygens (including phenoxy) is 2. The Morgan fingerprint density at radius 2 is 1.60 bits per heavy atom. The molecule has 226 valence electrons. The number of rotatable bonds is 12. The zero-order valence-corrected chi connectivity index (χ0v) is 26.1. The molecular weight excluding hydrogens is 636 g/mol. The number of hydrogen-bond acceptors (Lipinski definition) is 5. The minimum absolute atomic E-state index is 0. The number of carbonyl (C=O) groups is 3. The van der Waals surface area contributed by atoms with Crippen LogP contribution in [0.2, 0.25) is 0 Å². The van der Waals surface area contributed by atoms with E-state index >= 15 is 0 Å². The van der Waals surface area contributed by atoms with Gasteiger partial charge in [0.15, 0.2) is 12.4 Å². The first-order chi connectivity index (χ1) is 20.4. The van der Waals surface area contributed by atoms with Crippen LogP contribution >= 0.6 is 15.9 Å². The third-order valence-corrected chi connectivity index (χ3v) is 6.76. The van der Waals surface area contributed by atoms with Gasteiger partial charge in [0, 0.05) is 24.0 Å². The average molecular weight is 670 g/mol. The molecule has 9 nitrogen and oxygen atoms in total. The van der Waals surface area contributed by atoms with Crippen LogP contribution in [-0.4, -0.2) is 44.4 Å². The molecule has 0 saturated carbocycles. The first kappa shape index (κ1) is 33.4. The van der Waals surface area contributed by atoms with Crippen LogP contribution in [-0.2, 0) is 16.0 Å². The summed E-state index contributed by atoms with van der Waals surface area (Å²) < 4.78 is 13.4. The lowest BCUT2D eigenvalue weighted by Gasteiger charge is -2.22. The second-order valence-electron chi connectivity index (χ2n) is 9.48. The van der Waals surface area contributed by atoms with Crippen LogP contribution in [0.25, 0.3) is 10.8 Å². The molecule has 3 amide bonds. The Kier molecular flexibility index (Phi) is 13.3. The van der Waals surface area contributed by atoms with Crippen molar-refractivity contribution in [1.29, 1.82) is 0 Å². The molecule has 0 saturated heterocycles. The lowest BCUT2D eigenvalue weighted by molar-refractivity contribution is -0.697. The number of anilines is 2. The Bertz CT molecular complexity index is 1520. The van der Waals surface area contributed by atoms with Crippen molar-refractivity contribution in [2.75, 3.05) is 36.5 Å². The van der Waals surface area contributed by atoms with E-state index in [2.05, 4.69) is 33.5 Å². The first-order valence-electron chi connectivity index (χ1n) is 13.8. The number of para-hydroxylation sites is 1. The summed E-state index contributed by atoms with van der Waals surface area (Å²) >= 11 is 3.49. The standard InChI is InChI=1S/C32H33BrN4O5.ClH/c1-2-17-36-22-25(21-26(33)23-36)30(38)37(27-12-4-3-5-13-27)18-20-42-31(39)34-16-9-19-41-32(40)35-29-15-8-11-24-10-6-7-14-28(24)29;/h3-8,10-15,21-23H,2,9,16-20H2,1H3,(H-,34,35,39,40);1H. The zero-order valence-electron chi connectivity index (χ0n) is 23.8. The van der Waals surface area contributed by atoms with Crippen molar-refractivity contribution in [3.05, 3.63) is 101 Å². The van der Waals surface area contributed by atoms with Gasteiger partial charge in [-0.05, 0) is 52.0 Å². The highest BCUT2D eigenvalue weighted by molar-refractivity contribution is 9.10. The Balaban J connectivity index is 0.00000506. The Labute approximate surface area is 265 Å². The molecule has 0 aliphatic rings. The average Bonchev–Trinajstić information content (AvgIpc) is 2.99. The molecule has 43 heavy (non-hydrogen) atoms. The minimum atomic E-state index is -0.612. The van der Waals surface area contributed by atoms with Gasteiger partial charge in [0.2, 0.25) is 0 Å². The number of hydrogen-bond donors (Lipinski definition) is 2. The molecule has 4 rings (SSSR count). The largest absolute Gasteiger partial charge is 1.00 e. The fourth-order valence-corrected chi connectivity index (χ4v) is 4.91. The maximum atomic E-state index is 13.5. The van der Waals surface area contributed by atoms with E-state index < -0.39 is 12.2 Å². The van der Waals surface area contributed by atoms with Crippen molar-refractivity contribution in [2.45, 2.75) is 26.3 Å². The summed E-state index contributed by atoms with van der Waals surface area (Å²) in [6, 6.07) is 24.4. The number of nitrogens with zero attached hydrogens (tertiary/aromatic N) is 2. The number of fused-ring (bicyclic) bond motifs is 1. The predicted molar refractivity (Wildman–Crippen MR) is 166 cm³/mol. The van der Waals surface area contributed by atoms with Crippen molar-refractivity contribution in [1.82, 2.24) is 5.32 Å². The van der Waals surface area contributed by atoms with Gasteiger partial charge in [-0.1, -0.05) is 61.5 Å².